The third kappa shape index (κ3) is 5.21. The molecule has 1 aromatic heterocycles. The number of hydrogen-bond acceptors (Lipinski definition) is 4. The molecule has 24 heavy (non-hydrogen) atoms. The second-order valence-corrected chi connectivity index (χ2v) is 10.4. The van der Waals surface area contributed by atoms with Crippen LogP contribution in [0.1, 0.15) is 37.5 Å². The molecule has 0 aromatic carbocycles. The molecule has 0 radical (unpaired) electrons. The quantitative estimate of drug-likeness (QED) is 0.618. The maximum atomic E-state index is 11.6. The number of aliphatic imine (C=N–C) groups is 1. The topological polar surface area (TPSA) is 70.6 Å². The van der Waals surface area contributed by atoms with Crippen LogP contribution >= 0.6 is 11.3 Å². The third-order valence-corrected chi connectivity index (χ3v) is 7.59. The van der Waals surface area contributed by atoms with E-state index in [4.69, 9.17) is 4.99 Å². The van der Waals surface area contributed by atoms with Crippen molar-refractivity contribution >= 4 is 27.1 Å². The minimum atomic E-state index is -2.82. The average Bonchev–Trinajstić information content (AvgIpc) is 3.24. The van der Waals surface area contributed by atoms with Crippen molar-refractivity contribution in [2.24, 2.45) is 16.8 Å². The molecule has 0 spiro atoms. The normalized spacial score (nSPS) is 29.7. The molecule has 2 N–H and O–H groups in total. The Morgan fingerprint density at radius 2 is 2.25 bits per heavy atom. The van der Waals surface area contributed by atoms with Crippen LogP contribution in [0.5, 0.6) is 0 Å². The van der Waals surface area contributed by atoms with Crippen LogP contribution in [0.4, 0.5) is 0 Å². The zero-order valence-corrected chi connectivity index (χ0v) is 15.8. The highest BCUT2D eigenvalue weighted by atomic mass is 32.2. The molecule has 1 aliphatic carbocycles. The molecule has 1 saturated heterocycles. The Bertz CT molecular complexity index is 655. The molecule has 0 amide bonds. The van der Waals surface area contributed by atoms with Gasteiger partial charge in [-0.1, -0.05) is 13.0 Å². The SMILES string of the molecule is CC1CCC(NC(=NCc2cccs2)NCC2CCS(=O)(=O)C2)C1. The molecular weight excluding hydrogens is 342 g/mol. The van der Waals surface area contributed by atoms with Gasteiger partial charge in [-0.2, -0.15) is 0 Å². The van der Waals surface area contributed by atoms with Crippen molar-refractivity contribution in [3.8, 4) is 0 Å². The van der Waals surface area contributed by atoms with Gasteiger partial charge < -0.3 is 10.6 Å². The Balaban J connectivity index is 1.57. The lowest BCUT2D eigenvalue weighted by atomic mass is 10.1. The van der Waals surface area contributed by atoms with Gasteiger partial charge in [-0.25, -0.2) is 13.4 Å². The first kappa shape index (κ1) is 17.7. The lowest BCUT2D eigenvalue weighted by Gasteiger charge is -2.19. The molecule has 5 nitrogen and oxygen atoms in total. The van der Waals surface area contributed by atoms with Crippen LogP contribution in [0.25, 0.3) is 0 Å². The van der Waals surface area contributed by atoms with E-state index in [2.05, 4.69) is 29.0 Å². The van der Waals surface area contributed by atoms with Gasteiger partial charge in [-0.05, 0) is 49.0 Å². The molecule has 3 rings (SSSR count). The fraction of sp³-hybridized carbons (Fsp3) is 0.706. The Kier molecular flexibility index (Phi) is 5.81. The molecule has 2 heterocycles. The van der Waals surface area contributed by atoms with Crippen LogP contribution in [0.3, 0.4) is 0 Å². The zero-order valence-electron chi connectivity index (χ0n) is 14.2. The van der Waals surface area contributed by atoms with Crippen molar-refractivity contribution in [3.05, 3.63) is 22.4 Å². The van der Waals surface area contributed by atoms with E-state index in [1.807, 2.05) is 6.07 Å². The maximum absolute atomic E-state index is 11.6. The Morgan fingerprint density at radius 1 is 1.38 bits per heavy atom. The Labute approximate surface area is 148 Å². The van der Waals surface area contributed by atoms with Gasteiger partial charge in [0.15, 0.2) is 15.8 Å². The first-order valence-electron chi connectivity index (χ1n) is 8.78. The highest BCUT2D eigenvalue weighted by Gasteiger charge is 2.28. The van der Waals surface area contributed by atoms with Crippen molar-refractivity contribution in [2.45, 2.75) is 45.2 Å². The van der Waals surface area contributed by atoms with Crippen LogP contribution in [-0.2, 0) is 16.4 Å². The monoisotopic (exact) mass is 369 g/mol. The summed E-state index contributed by atoms with van der Waals surface area (Å²) in [6.07, 6.45) is 4.38. The van der Waals surface area contributed by atoms with E-state index in [-0.39, 0.29) is 5.92 Å². The maximum Gasteiger partial charge on any atom is 0.191 e. The summed E-state index contributed by atoms with van der Waals surface area (Å²) in [6.45, 7) is 3.64. The van der Waals surface area contributed by atoms with E-state index in [0.29, 0.717) is 30.6 Å². The van der Waals surface area contributed by atoms with Crippen molar-refractivity contribution in [1.82, 2.24) is 10.6 Å². The number of rotatable bonds is 5. The smallest absolute Gasteiger partial charge is 0.191 e. The van der Waals surface area contributed by atoms with Crippen LogP contribution in [0.15, 0.2) is 22.5 Å². The van der Waals surface area contributed by atoms with Crippen molar-refractivity contribution in [1.29, 1.82) is 0 Å². The van der Waals surface area contributed by atoms with Crippen molar-refractivity contribution in [3.63, 3.8) is 0 Å². The molecule has 1 saturated carbocycles. The summed E-state index contributed by atoms with van der Waals surface area (Å²) >= 11 is 1.71. The summed E-state index contributed by atoms with van der Waals surface area (Å²) in [5.74, 6) is 2.42. The average molecular weight is 370 g/mol. The highest BCUT2D eigenvalue weighted by molar-refractivity contribution is 7.91. The predicted molar refractivity (Wildman–Crippen MR) is 100 cm³/mol. The number of nitrogens with one attached hydrogen (secondary N) is 2. The zero-order chi connectivity index (χ0) is 17.0. The van der Waals surface area contributed by atoms with Gasteiger partial charge >= 0.3 is 0 Å². The summed E-state index contributed by atoms with van der Waals surface area (Å²) in [5, 5.41) is 8.99. The minimum absolute atomic E-state index is 0.200. The van der Waals surface area contributed by atoms with E-state index in [9.17, 15) is 8.42 Å². The van der Waals surface area contributed by atoms with E-state index >= 15 is 0 Å². The van der Waals surface area contributed by atoms with Gasteiger partial charge in [0.1, 0.15) is 0 Å². The fourth-order valence-corrected chi connectivity index (χ4v) is 6.01. The number of sulfone groups is 1. The van der Waals surface area contributed by atoms with Crippen LogP contribution in [-0.4, -0.2) is 38.5 Å². The van der Waals surface area contributed by atoms with Crippen LogP contribution in [0.2, 0.25) is 0 Å². The van der Waals surface area contributed by atoms with E-state index in [0.717, 1.165) is 18.3 Å². The van der Waals surface area contributed by atoms with Crippen LogP contribution in [0, 0.1) is 11.8 Å². The minimum Gasteiger partial charge on any atom is -0.356 e. The van der Waals surface area contributed by atoms with E-state index in [1.165, 1.54) is 24.1 Å². The predicted octanol–water partition coefficient (Wildman–Crippen LogP) is 2.41. The molecule has 134 valence electrons. The lowest BCUT2D eigenvalue weighted by molar-refractivity contribution is 0.542. The summed E-state index contributed by atoms with van der Waals surface area (Å²) in [4.78, 5) is 5.94. The number of thiophene rings is 1. The van der Waals surface area contributed by atoms with Crippen LogP contribution < -0.4 is 10.6 Å². The van der Waals surface area contributed by atoms with Crippen molar-refractivity contribution in [2.75, 3.05) is 18.1 Å². The third-order valence-electron chi connectivity index (χ3n) is 4.89. The molecule has 7 heteroatoms. The van der Waals surface area contributed by atoms with Gasteiger partial charge in [0.2, 0.25) is 0 Å². The Morgan fingerprint density at radius 3 is 2.88 bits per heavy atom. The molecule has 3 atom stereocenters. The van der Waals surface area contributed by atoms with Gasteiger partial charge in [0.05, 0.1) is 18.1 Å². The van der Waals surface area contributed by atoms with Crippen molar-refractivity contribution < 1.29 is 8.42 Å². The molecule has 0 bridgehead atoms. The van der Waals surface area contributed by atoms with Gasteiger partial charge in [0, 0.05) is 17.5 Å². The van der Waals surface area contributed by atoms with E-state index in [1.54, 1.807) is 11.3 Å². The largest absolute Gasteiger partial charge is 0.356 e. The van der Waals surface area contributed by atoms with Gasteiger partial charge in [0.25, 0.3) is 0 Å². The second-order valence-electron chi connectivity index (χ2n) is 7.15. The number of nitrogens with zero attached hydrogens (tertiary/aromatic N) is 1. The first-order chi connectivity index (χ1) is 11.5. The molecule has 2 aliphatic rings. The second kappa shape index (κ2) is 7.87. The lowest BCUT2D eigenvalue weighted by Crippen LogP contribution is -2.44. The molecule has 3 unspecified atom stereocenters. The molecule has 2 fully saturated rings. The number of hydrogen-bond donors (Lipinski definition) is 2. The molecular formula is C17H27N3O2S2. The fourth-order valence-electron chi connectivity index (χ4n) is 3.52. The summed E-state index contributed by atoms with van der Waals surface area (Å²) < 4.78 is 23.2. The highest BCUT2D eigenvalue weighted by Crippen LogP contribution is 2.24. The molecule has 1 aromatic rings. The first-order valence-corrected chi connectivity index (χ1v) is 11.5. The molecule has 1 aliphatic heterocycles. The summed E-state index contributed by atoms with van der Waals surface area (Å²) in [6, 6.07) is 4.60. The summed E-state index contributed by atoms with van der Waals surface area (Å²) in [5.41, 5.74) is 0. The Hall–Kier alpha value is -1.08. The standard InChI is InChI=1S/C17H27N3O2S2/c1-13-4-5-15(9-13)20-17(19-11-16-3-2-7-23-16)18-10-14-6-8-24(21,22)12-14/h2-3,7,13-15H,4-6,8-12H2,1H3,(H2,18,19,20). The van der Waals surface area contributed by atoms with E-state index < -0.39 is 9.84 Å². The van der Waals surface area contributed by atoms with Gasteiger partial charge in [-0.3, -0.25) is 0 Å². The van der Waals surface area contributed by atoms with Gasteiger partial charge in [-0.15, -0.1) is 11.3 Å². The summed E-state index contributed by atoms with van der Waals surface area (Å²) in [7, 11) is -2.82. The number of guanidine groups is 1.